The lowest BCUT2D eigenvalue weighted by molar-refractivity contribution is -0.152. The van der Waals surface area contributed by atoms with Gasteiger partial charge in [0.05, 0.1) is 18.4 Å². The van der Waals surface area contributed by atoms with E-state index < -0.39 is 42.4 Å². The van der Waals surface area contributed by atoms with Gasteiger partial charge in [0.15, 0.2) is 23.8 Å². The zero-order valence-electron chi connectivity index (χ0n) is 16.5. The lowest BCUT2D eigenvalue weighted by atomic mass is 10.0. The van der Waals surface area contributed by atoms with E-state index in [9.17, 15) is 19.8 Å². The minimum atomic E-state index is -1.53. The lowest BCUT2D eigenvalue weighted by Gasteiger charge is -2.22. The number of aliphatic hydroxyl groups is 1. The minimum absolute atomic E-state index is 0.118. The Morgan fingerprint density at radius 2 is 2.09 bits per heavy atom. The molecule has 7 N–H and O–H groups in total. The summed E-state index contributed by atoms with van der Waals surface area (Å²) in [5.41, 5.74) is 13.0. The van der Waals surface area contributed by atoms with Crippen LogP contribution in [0.1, 0.15) is 11.8 Å². The molecule has 0 aliphatic carbocycles. The molecule has 1 fully saturated rings. The number of rotatable bonds is 6. The highest BCUT2D eigenvalue weighted by atomic mass is 35.5. The summed E-state index contributed by atoms with van der Waals surface area (Å²) in [6, 6.07) is 4.59. The highest BCUT2D eigenvalue weighted by Crippen LogP contribution is 2.32. The van der Waals surface area contributed by atoms with E-state index in [1.807, 2.05) is 0 Å². The fraction of sp³-hybridized carbons (Fsp3) is 0.316. The zero-order chi connectivity index (χ0) is 23.0. The lowest BCUT2D eigenvalue weighted by Crippen LogP contribution is -2.54. The number of aromatic nitrogens is 4. The first-order chi connectivity index (χ1) is 15.3. The Balaban J connectivity index is 1.54. The van der Waals surface area contributed by atoms with Crippen LogP contribution in [0.25, 0.3) is 11.2 Å². The summed E-state index contributed by atoms with van der Waals surface area (Å²) in [4.78, 5) is 36.4. The second-order valence-electron chi connectivity index (χ2n) is 7.33. The molecule has 2 aromatic heterocycles. The number of aliphatic hydroxyl groups excluding tert-OH is 1. The summed E-state index contributed by atoms with van der Waals surface area (Å²) in [6.45, 7) is 0. The topological polar surface area (TPSA) is 192 Å². The number of carbonyl (C=O) groups excluding carboxylic acids is 1. The number of amides is 1. The number of fused-ring (bicyclic) bond motifs is 1. The Morgan fingerprint density at radius 3 is 2.81 bits per heavy atom. The van der Waals surface area contributed by atoms with Gasteiger partial charge in [-0.25, -0.2) is 19.7 Å². The number of benzene rings is 1. The van der Waals surface area contributed by atoms with Crippen molar-refractivity contribution >= 4 is 40.5 Å². The largest absolute Gasteiger partial charge is 0.479 e. The van der Waals surface area contributed by atoms with Gasteiger partial charge in [0, 0.05) is 5.02 Å². The SMILES string of the molecule is Nc1ncnc2c1ncn2C1OC(C(=O)O)C(NC(=O)C(N)Cc2cccc(Cl)c2)C1O. The number of anilines is 1. The fourth-order valence-corrected chi connectivity index (χ4v) is 3.83. The minimum Gasteiger partial charge on any atom is -0.479 e. The van der Waals surface area contributed by atoms with Crippen LogP contribution in [0.2, 0.25) is 5.02 Å². The predicted molar refractivity (Wildman–Crippen MR) is 112 cm³/mol. The van der Waals surface area contributed by atoms with Gasteiger partial charge in [-0.1, -0.05) is 23.7 Å². The van der Waals surface area contributed by atoms with E-state index in [1.54, 1.807) is 24.3 Å². The standard InChI is InChI=1S/C19H20ClN7O5/c20-9-3-1-2-8(4-9)5-10(21)17(29)26-11-13(28)18(32-14(11)19(30)31)27-7-25-12-15(22)23-6-24-16(12)27/h1-4,6-7,10-11,13-14,18,28H,5,21H2,(H,26,29)(H,30,31)(H2,22,23,24). The summed E-state index contributed by atoms with van der Waals surface area (Å²) in [6.07, 6.45) is -1.48. The highest BCUT2D eigenvalue weighted by molar-refractivity contribution is 6.30. The number of halogens is 1. The van der Waals surface area contributed by atoms with E-state index in [4.69, 9.17) is 27.8 Å². The molecule has 0 spiro atoms. The van der Waals surface area contributed by atoms with Crippen LogP contribution < -0.4 is 16.8 Å². The molecule has 1 saturated heterocycles. The summed E-state index contributed by atoms with van der Waals surface area (Å²) in [5, 5.41) is 23.4. The van der Waals surface area contributed by atoms with E-state index >= 15 is 0 Å². The van der Waals surface area contributed by atoms with Crippen LogP contribution in [-0.2, 0) is 20.7 Å². The molecule has 0 saturated carbocycles. The molecule has 1 aromatic carbocycles. The van der Waals surface area contributed by atoms with Crippen molar-refractivity contribution < 1.29 is 24.5 Å². The van der Waals surface area contributed by atoms with Crippen LogP contribution in [-0.4, -0.2) is 65.9 Å². The number of carbonyl (C=O) groups is 2. The van der Waals surface area contributed by atoms with Crippen LogP contribution in [0.3, 0.4) is 0 Å². The molecular formula is C19H20ClN7O5. The third-order valence-electron chi connectivity index (χ3n) is 5.17. The molecule has 168 valence electrons. The van der Waals surface area contributed by atoms with Crippen LogP contribution in [0, 0.1) is 0 Å². The van der Waals surface area contributed by atoms with Gasteiger partial charge in [-0.05, 0) is 24.1 Å². The van der Waals surface area contributed by atoms with Crippen molar-refractivity contribution in [3.05, 3.63) is 47.5 Å². The Hall–Kier alpha value is -3.32. The highest BCUT2D eigenvalue weighted by Gasteiger charge is 2.49. The van der Waals surface area contributed by atoms with Gasteiger partial charge in [0.2, 0.25) is 5.91 Å². The van der Waals surface area contributed by atoms with Gasteiger partial charge in [-0.3, -0.25) is 9.36 Å². The van der Waals surface area contributed by atoms with Crippen LogP contribution in [0.4, 0.5) is 5.82 Å². The smallest absolute Gasteiger partial charge is 0.335 e. The Kier molecular flexibility index (Phi) is 5.93. The van der Waals surface area contributed by atoms with Gasteiger partial charge < -0.3 is 31.7 Å². The van der Waals surface area contributed by atoms with Crippen LogP contribution >= 0.6 is 11.6 Å². The fourth-order valence-electron chi connectivity index (χ4n) is 3.61. The molecule has 4 rings (SSSR count). The number of imidazole rings is 1. The second kappa shape index (κ2) is 8.67. The maximum Gasteiger partial charge on any atom is 0.335 e. The first kappa shape index (κ1) is 21.9. The molecule has 0 radical (unpaired) electrons. The van der Waals surface area contributed by atoms with Crippen LogP contribution in [0.15, 0.2) is 36.9 Å². The van der Waals surface area contributed by atoms with Crippen LogP contribution in [0.5, 0.6) is 0 Å². The van der Waals surface area contributed by atoms with Gasteiger partial charge in [0.1, 0.15) is 17.9 Å². The number of aliphatic carboxylic acids is 1. The van der Waals surface area contributed by atoms with E-state index in [0.717, 1.165) is 5.56 Å². The molecule has 3 heterocycles. The quantitative estimate of drug-likeness (QED) is 0.318. The van der Waals surface area contributed by atoms with E-state index in [2.05, 4.69) is 20.3 Å². The Bertz CT molecular complexity index is 1170. The molecule has 1 aliphatic heterocycles. The molecule has 5 atom stereocenters. The van der Waals surface area contributed by atoms with E-state index in [1.165, 1.54) is 17.2 Å². The van der Waals surface area contributed by atoms with Crippen molar-refractivity contribution in [3.63, 3.8) is 0 Å². The maximum atomic E-state index is 12.7. The third kappa shape index (κ3) is 4.08. The number of nitrogens with one attached hydrogen (secondary N) is 1. The molecule has 12 nitrogen and oxygen atoms in total. The van der Waals surface area contributed by atoms with Crippen molar-refractivity contribution in [2.45, 2.75) is 36.9 Å². The Labute approximate surface area is 186 Å². The van der Waals surface area contributed by atoms with Gasteiger partial charge in [-0.2, -0.15) is 0 Å². The number of nitrogens with zero attached hydrogens (tertiary/aromatic N) is 4. The number of carboxylic acid groups (broad SMARTS) is 1. The number of ether oxygens (including phenoxy) is 1. The van der Waals surface area contributed by atoms with Crippen molar-refractivity contribution in [1.82, 2.24) is 24.8 Å². The van der Waals surface area contributed by atoms with Gasteiger partial charge in [-0.15, -0.1) is 0 Å². The monoisotopic (exact) mass is 461 g/mol. The molecule has 5 unspecified atom stereocenters. The average molecular weight is 462 g/mol. The van der Waals surface area contributed by atoms with Gasteiger partial charge in [0.25, 0.3) is 0 Å². The molecule has 0 bridgehead atoms. The molecule has 3 aromatic rings. The number of hydrogen-bond acceptors (Lipinski definition) is 9. The maximum absolute atomic E-state index is 12.7. The first-order valence-electron chi connectivity index (χ1n) is 9.56. The summed E-state index contributed by atoms with van der Waals surface area (Å²) < 4.78 is 6.89. The molecular weight excluding hydrogens is 442 g/mol. The van der Waals surface area contributed by atoms with Crippen molar-refractivity contribution in [1.29, 1.82) is 0 Å². The van der Waals surface area contributed by atoms with Crippen molar-refractivity contribution in [2.24, 2.45) is 5.73 Å². The van der Waals surface area contributed by atoms with Crippen molar-refractivity contribution in [3.8, 4) is 0 Å². The molecule has 1 aliphatic rings. The van der Waals surface area contributed by atoms with Gasteiger partial charge >= 0.3 is 5.97 Å². The average Bonchev–Trinajstić information content (AvgIpc) is 3.30. The summed E-state index contributed by atoms with van der Waals surface area (Å²) in [7, 11) is 0. The van der Waals surface area contributed by atoms with E-state index in [-0.39, 0.29) is 23.4 Å². The van der Waals surface area contributed by atoms with E-state index in [0.29, 0.717) is 5.02 Å². The predicted octanol–water partition coefficient (Wildman–Crippen LogP) is -0.540. The summed E-state index contributed by atoms with van der Waals surface area (Å²) >= 11 is 5.95. The first-order valence-corrected chi connectivity index (χ1v) is 9.94. The zero-order valence-corrected chi connectivity index (χ0v) is 17.3. The number of nitrogen functional groups attached to an aromatic ring is 1. The number of nitrogens with two attached hydrogens (primary N) is 2. The summed E-state index contributed by atoms with van der Waals surface area (Å²) in [5.74, 6) is -1.89. The number of carboxylic acids is 1. The number of hydrogen-bond donors (Lipinski definition) is 5. The molecule has 1 amide bonds. The molecule has 13 heteroatoms. The Morgan fingerprint density at radius 1 is 1.31 bits per heavy atom. The third-order valence-corrected chi connectivity index (χ3v) is 5.40. The second-order valence-corrected chi connectivity index (χ2v) is 7.77. The normalized spacial score (nSPS) is 23.8. The van der Waals surface area contributed by atoms with Crippen molar-refractivity contribution in [2.75, 3.05) is 5.73 Å². The molecule has 32 heavy (non-hydrogen) atoms.